The van der Waals surface area contributed by atoms with Crippen LogP contribution in [0.4, 0.5) is 0 Å². The quantitative estimate of drug-likeness (QED) is 0.629. The monoisotopic (exact) mass is 422 g/mol. The summed E-state index contributed by atoms with van der Waals surface area (Å²) >= 11 is 0. The predicted molar refractivity (Wildman–Crippen MR) is 117 cm³/mol. The van der Waals surface area contributed by atoms with Crippen LogP contribution in [0.1, 0.15) is 50.6 Å². The Morgan fingerprint density at radius 3 is 2.71 bits per heavy atom. The second-order valence-electron chi connectivity index (χ2n) is 8.86. The molecule has 0 spiro atoms. The molecular formula is C23H30N6O2. The zero-order valence-electron chi connectivity index (χ0n) is 18.3. The summed E-state index contributed by atoms with van der Waals surface area (Å²) in [6.45, 7) is 8.72. The van der Waals surface area contributed by atoms with Gasteiger partial charge in [-0.05, 0) is 55.9 Å². The number of benzene rings is 1. The summed E-state index contributed by atoms with van der Waals surface area (Å²) in [6, 6.07) is 8.18. The largest absolute Gasteiger partial charge is 0.343 e. The highest BCUT2D eigenvalue weighted by molar-refractivity contribution is 5.83. The van der Waals surface area contributed by atoms with Crippen LogP contribution in [0, 0.1) is 5.92 Å². The van der Waals surface area contributed by atoms with E-state index in [2.05, 4.69) is 23.0 Å². The summed E-state index contributed by atoms with van der Waals surface area (Å²) in [5.74, 6) is 2.32. The Morgan fingerprint density at radius 1 is 1.16 bits per heavy atom. The van der Waals surface area contributed by atoms with E-state index in [1.165, 1.54) is 0 Å². The summed E-state index contributed by atoms with van der Waals surface area (Å²) in [6.07, 6.45) is 4.02. The van der Waals surface area contributed by atoms with Crippen LogP contribution in [0.15, 0.2) is 28.8 Å². The van der Waals surface area contributed by atoms with Crippen LogP contribution in [-0.4, -0.2) is 68.4 Å². The Balaban J connectivity index is 1.23. The molecular weight excluding hydrogens is 392 g/mol. The van der Waals surface area contributed by atoms with Crippen molar-refractivity contribution in [3.63, 3.8) is 0 Å². The van der Waals surface area contributed by atoms with Gasteiger partial charge in [-0.15, -0.1) is 0 Å². The van der Waals surface area contributed by atoms with Crippen LogP contribution in [0.2, 0.25) is 0 Å². The van der Waals surface area contributed by atoms with Gasteiger partial charge in [0.25, 0.3) is 5.95 Å². The molecule has 164 valence electrons. The smallest absolute Gasteiger partial charge is 0.291 e. The lowest BCUT2D eigenvalue weighted by atomic mass is 9.95. The molecule has 0 saturated carbocycles. The van der Waals surface area contributed by atoms with E-state index in [9.17, 15) is 4.79 Å². The van der Waals surface area contributed by atoms with Gasteiger partial charge in [-0.2, -0.15) is 14.8 Å². The first-order chi connectivity index (χ1) is 15.1. The van der Waals surface area contributed by atoms with Crippen LogP contribution in [-0.2, 0) is 11.2 Å². The van der Waals surface area contributed by atoms with Crippen LogP contribution in [0.25, 0.3) is 16.9 Å². The highest BCUT2D eigenvalue weighted by Gasteiger charge is 2.30. The lowest BCUT2D eigenvalue weighted by Crippen LogP contribution is -2.37. The maximum Gasteiger partial charge on any atom is 0.291 e. The van der Waals surface area contributed by atoms with Crippen molar-refractivity contribution in [3.05, 3.63) is 35.9 Å². The minimum Gasteiger partial charge on any atom is -0.343 e. The van der Waals surface area contributed by atoms with Crippen molar-refractivity contribution in [3.8, 4) is 5.95 Å². The second-order valence-corrected chi connectivity index (χ2v) is 8.86. The predicted octanol–water partition coefficient (Wildman–Crippen LogP) is 3.02. The lowest BCUT2D eigenvalue weighted by molar-refractivity contribution is -0.127. The molecule has 1 amide bonds. The fourth-order valence-corrected chi connectivity index (χ4v) is 5.02. The van der Waals surface area contributed by atoms with Gasteiger partial charge >= 0.3 is 0 Å². The number of carbonyl (C=O) groups is 1. The normalized spacial score (nSPS) is 20.7. The standard InChI is InChI=1S/C23H30N6O2/c1-3-20-19-6-4-5-7-21(19)29(25-20)23-24-22(31-26-23)18-9-11-27(12-10-18)14-17-8-13-28(15-17)16(2)30/h4-7,17-18H,3,8-15H2,1-2H3/t17-/m1/s1. The summed E-state index contributed by atoms with van der Waals surface area (Å²) in [5.41, 5.74) is 2.06. The minimum absolute atomic E-state index is 0.199. The summed E-state index contributed by atoms with van der Waals surface area (Å²) < 4.78 is 7.48. The SMILES string of the molecule is CCc1nn(-c2noc(C3CCN(C[C@H]4CCN(C(C)=O)C4)CC3)n2)c2ccccc12. The Hall–Kier alpha value is -2.74. The molecule has 2 aliphatic heterocycles. The van der Waals surface area contributed by atoms with E-state index in [0.29, 0.717) is 17.8 Å². The van der Waals surface area contributed by atoms with E-state index in [4.69, 9.17) is 14.6 Å². The number of hydrogen-bond acceptors (Lipinski definition) is 6. The first kappa shape index (κ1) is 20.2. The molecule has 2 aliphatic rings. The molecule has 2 fully saturated rings. The second kappa shape index (κ2) is 8.42. The number of carbonyl (C=O) groups excluding carboxylic acids is 1. The van der Waals surface area contributed by atoms with Gasteiger partial charge in [0.1, 0.15) is 0 Å². The fraction of sp³-hybridized carbons (Fsp3) is 0.565. The van der Waals surface area contributed by atoms with Gasteiger partial charge in [0.15, 0.2) is 0 Å². The molecule has 3 aromatic rings. The van der Waals surface area contributed by atoms with Gasteiger partial charge in [0.2, 0.25) is 11.8 Å². The third-order valence-corrected chi connectivity index (χ3v) is 6.80. The van der Waals surface area contributed by atoms with Crippen molar-refractivity contribution in [2.45, 2.75) is 45.4 Å². The molecule has 2 saturated heterocycles. The molecule has 0 aliphatic carbocycles. The van der Waals surface area contributed by atoms with E-state index in [0.717, 1.165) is 80.9 Å². The van der Waals surface area contributed by atoms with Gasteiger partial charge in [-0.1, -0.05) is 25.1 Å². The average Bonchev–Trinajstić information content (AvgIpc) is 3.52. The van der Waals surface area contributed by atoms with Gasteiger partial charge < -0.3 is 14.3 Å². The number of para-hydroxylation sites is 1. The maximum absolute atomic E-state index is 11.6. The molecule has 0 radical (unpaired) electrons. The number of aryl methyl sites for hydroxylation is 1. The van der Waals surface area contributed by atoms with E-state index < -0.39 is 0 Å². The molecule has 8 heteroatoms. The summed E-state index contributed by atoms with van der Waals surface area (Å²) in [7, 11) is 0. The fourth-order valence-electron chi connectivity index (χ4n) is 5.02. The van der Waals surface area contributed by atoms with Gasteiger partial charge in [0, 0.05) is 37.9 Å². The highest BCUT2D eigenvalue weighted by atomic mass is 16.5. The van der Waals surface area contributed by atoms with Crippen LogP contribution in [0.3, 0.4) is 0 Å². The third-order valence-electron chi connectivity index (χ3n) is 6.80. The molecule has 0 N–H and O–H groups in total. The van der Waals surface area contributed by atoms with Crippen molar-refractivity contribution < 1.29 is 9.32 Å². The molecule has 31 heavy (non-hydrogen) atoms. The maximum atomic E-state index is 11.6. The number of piperidine rings is 1. The number of hydrogen-bond donors (Lipinski definition) is 0. The van der Waals surface area contributed by atoms with Crippen molar-refractivity contribution in [2.75, 3.05) is 32.7 Å². The Morgan fingerprint density at radius 2 is 1.97 bits per heavy atom. The van der Waals surface area contributed by atoms with E-state index in [1.54, 1.807) is 11.6 Å². The summed E-state index contributed by atoms with van der Waals surface area (Å²) in [4.78, 5) is 20.8. The van der Waals surface area contributed by atoms with Crippen molar-refractivity contribution >= 4 is 16.8 Å². The van der Waals surface area contributed by atoms with E-state index in [1.807, 2.05) is 23.1 Å². The van der Waals surface area contributed by atoms with Crippen LogP contribution >= 0.6 is 0 Å². The van der Waals surface area contributed by atoms with Crippen molar-refractivity contribution in [1.82, 2.24) is 29.7 Å². The average molecular weight is 423 g/mol. The third kappa shape index (κ3) is 3.96. The van der Waals surface area contributed by atoms with E-state index in [-0.39, 0.29) is 5.91 Å². The summed E-state index contributed by atoms with van der Waals surface area (Å²) in [5, 5.41) is 10.1. The number of likely N-dealkylation sites (tertiary alicyclic amines) is 2. The van der Waals surface area contributed by atoms with Gasteiger partial charge in [0.05, 0.1) is 11.2 Å². The highest BCUT2D eigenvalue weighted by Crippen LogP contribution is 2.29. The Kier molecular flexibility index (Phi) is 5.48. The zero-order valence-corrected chi connectivity index (χ0v) is 18.3. The number of rotatable bonds is 5. The molecule has 4 heterocycles. The first-order valence-corrected chi connectivity index (χ1v) is 11.4. The first-order valence-electron chi connectivity index (χ1n) is 11.4. The van der Waals surface area contributed by atoms with Crippen LogP contribution < -0.4 is 0 Å². The topological polar surface area (TPSA) is 80.3 Å². The Labute approximate surface area is 182 Å². The number of aromatic nitrogens is 4. The van der Waals surface area contributed by atoms with E-state index >= 15 is 0 Å². The Bertz CT molecular complexity index is 1070. The van der Waals surface area contributed by atoms with Gasteiger partial charge in [-0.25, -0.2) is 0 Å². The lowest BCUT2D eigenvalue weighted by Gasteiger charge is -2.32. The molecule has 1 aromatic carbocycles. The molecule has 2 aromatic heterocycles. The molecule has 1 atom stereocenters. The van der Waals surface area contributed by atoms with Crippen molar-refractivity contribution in [2.24, 2.45) is 5.92 Å². The van der Waals surface area contributed by atoms with Gasteiger partial charge in [-0.3, -0.25) is 4.79 Å². The molecule has 0 unspecified atom stereocenters. The number of amides is 1. The van der Waals surface area contributed by atoms with Crippen LogP contribution in [0.5, 0.6) is 0 Å². The number of nitrogens with zero attached hydrogens (tertiary/aromatic N) is 6. The molecule has 5 rings (SSSR count). The van der Waals surface area contributed by atoms with Crippen molar-refractivity contribution in [1.29, 1.82) is 0 Å². The number of fused-ring (bicyclic) bond motifs is 1. The molecule has 8 nitrogen and oxygen atoms in total. The zero-order chi connectivity index (χ0) is 21.4. The molecule has 0 bridgehead atoms. The minimum atomic E-state index is 0.199.